The maximum atomic E-state index is 3.87. The van der Waals surface area contributed by atoms with E-state index in [1.54, 1.807) is 0 Å². The molecule has 0 amide bonds. The van der Waals surface area contributed by atoms with Gasteiger partial charge in [-0.05, 0) is 21.4 Å². The fourth-order valence-corrected chi connectivity index (χ4v) is 1.38. The van der Waals surface area contributed by atoms with Gasteiger partial charge in [-0.15, -0.1) is 6.58 Å². The van der Waals surface area contributed by atoms with Crippen LogP contribution in [0.1, 0.15) is 26.2 Å². The Kier molecular flexibility index (Phi) is 13.3. The molecule has 0 fully saturated rings. The molecular weight excluding hydrogens is 318 g/mol. The molecule has 0 atom stereocenters. The Balaban J connectivity index is 0. The molecule has 0 radical (unpaired) electrons. The van der Waals surface area contributed by atoms with Gasteiger partial charge in [-0.2, -0.15) is 6.08 Å². The van der Waals surface area contributed by atoms with Crippen molar-refractivity contribution in [3.63, 3.8) is 0 Å². The van der Waals surface area contributed by atoms with E-state index in [4.69, 9.17) is 0 Å². The standard InChI is InChI=1S/C12H21Si.BrH.Zn/c1-12(2)10-8-6-7-9-11-13(3,4)5;;/h7H,1,6,8,10H2,2-5H3;1H;/q-1;;+2/p-1. The molecule has 3 heteroatoms. The van der Waals surface area contributed by atoms with Crippen molar-refractivity contribution in [1.29, 1.82) is 0 Å². The van der Waals surface area contributed by atoms with Crippen molar-refractivity contribution < 1.29 is 16.3 Å². The van der Waals surface area contributed by atoms with Crippen molar-refractivity contribution >= 4 is 21.7 Å². The molecule has 0 unspecified atom stereocenters. The van der Waals surface area contributed by atoms with Crippen LogP contribution in [0.25, 0.3) is 0 Å². The first-order valence-corrected chi connectivity index (χ1v) is 15.6. The third kappa shape index (κ3) is 20.6. The van der Waals surface area contributed by atoms with E-state index >= 15 is 0 Å². The van der Waals surface area contributed by atoms with Crippen LogP contribution in [0.3, 0.4) is 0 Å². The number of allylic oxidation sites excluding steroid dienone is 2. The molecule has 0 saturated carbocycles. The summed E-state index contributed by atoms with van der Waals surface area (Å²) in [4.78, 5) is 0. The number of hydrogen-bond acceptors (Lipinski definition) is 0. The Morgan fingerprint density at radius 3 is 2.40 bits per heavy atom. The molecule has 0 aliphatic rings. The zero-order chi connectivity index (χ0) is 12.3. The molecule has 0 bridgehead atoms. The molecule has 0 spiro atoms. The molecule has 0 aromatic carbocycles. The summed E-state index contributed by atoms with van der Waals surface area (Å²) in [5.74, 6) is 0. The topological polar surface area (TPSA) is 0 Å². The Labute approximate surface area is 113 Å². The first-order valence-electron chi connectivity index (χ1n) is 5.17. The van der Waals surface area contributed by atoms with Crippen molar-refractivity contribution in [3.05, 3.63) is 29.7 Å². The summed E-state index contributed by atoms with van der Waals surface area (Å²) >= 11 is 4.25. The predicted octanol–water partition coefficient (Wildman–Crippen LogP) is 4.97. The molecule has 0 aliphatic heterocycles. The van der Waals surface area contributed by atoms with E-state index in [1.165, 1.54) is 28.3 Å². The van der Waals surface area contributed by atoms with Crippen molar-refractivity contribution in [1.82, 2.24) is 0 Å². The fourth-order valence-electron chi connectivity index (χ4n) is 0.846. The van der Waals surface area contributed by atoms with Crippen LogP contribution >= 0.6 is 13.6 Å². The average molecular weight is 339 g/mol. The molecule has 0 aromatic rings. The molecule has 15 heavy (non-hydrogen) atoms. The van der Waals surface area contributed by atoms with E-state index in [-0.39, 0.29) is 0 Å². The van der Waals surface area contributed by atoms with Crippen LogP contribution in [0.15, 0.2) is 24.0 Å². The van der Waals surface area contributed by atoms with Gasteiger partial charge in [-0.25, -0.2) is 5.70 Å². The maximum absolute atomic E-state index is 3.87. The van der Waals surface area contributed by atoms with Crippen LogP contribution in [0.5, 0.6) is 0 Å². The third-order valence-corrected chi connectivity index (χ3v) is 2.40. The molecule has 0 heterocycles. The van der Waals surface area contributed by atoms with Gasteiger partial charge in [0.1, 0.15) is 0 Å². The van der Waals surface area contributed by atoms with E-state index in [9.17, 15) is 0 Å². The monoisotopic (exact) mass is 336 g/mol. The van der Waals surface area contributed by atoms with Crippen LogP contribution in [0.2, 0.25) is 19.6 Å². The summed E-state index contributed by atoms with van der Waals surface area (Å²) in [6.07, 6.45) is 5.52. The van der Waals surface area contributed by atoms with Crippen molar-refractivity contribution in [2.75, 3.05) is 0 Å². The molecule has 0 aliphatic carbocycles. The molecular formula is C12H21BrSiZn. The first kappa shape index (κ1) is 18.0. The van der Waals surface area contributed by atoms with Crippen LogP contribution < -0.4 is 0 Å². The van der Waals surface area contributed by atoms with Gasteiger partial charge < -0.3 is 5.73 Å². The Hall–Kier alpha value is 0.580. The van der Waals surface area contributed by atoms with Crippen molar-refractivity contribution in [3.8, 4) is 0 Å². The van der Waals surface area contributed by atoms with E-state index < -0.39 is 8.07 Å². The van der Waals surface area contributed by atoms with Gasteiger partial charge in [-0.3, -0.25) is 0 Å². The molecule has 0 saturated heterocycles. The molecule has 0 nitrogen and oxygen atoms in total. The second-order valence-corrected chi connectivity index (χ2v) is 9.32. The number of unbranched alkanes of at least 4 members (excludes halogenated alkanes) is 1. The Bertz CT molecular complexity index is 222. The van der Waals surface area contributed by atoms with Crippen LogP contribution in [-0.4, -0.2) is 8.07 Å². The fraction of sp³-hybridized carbons (Fsp3) is 0.583. The SMILES string of the molecule is C=C(C)CCCC=C=[C-][Si](C)(C)C.[Zn+][Br]. The van der Waals surface area contributed by atoms with E-state index in [1.807, 2.05) is 0 Å². The average Bonchev–Trinajstić information content (AvgIpc) is 2.12. The van der Waals surface area contributed by atoms with Gasteiger partial charge in [0, 0.05) is 0 Å². The van der Waals surface area contributed by atoms with Gasteiger partial charge in [0.2, 0.25) is 0 Å². The summed E-state index contributed by atoms with van der Waals surface area (Å²) in [6.45, 7) is 12.7. The van der Waals surface area contributed by atoms with E-state index in [2.05, 4.69) is 64.3 Å². The summed E-state index contributed by atoms with van der Waals surface area (Å²) in [5, 5.41) is 0. The quantitative estimate of drug-likeness (QED) is 0.218. The zero-order valence-electron chi connectivity index (χ0n) is 10.5. The summed E-state index contributed by atoms with van der Waals surface area (Å²) in [6, 6.07) is 0. The Morgan fingerprint density at radius 1 is 1.47 bits per heavy atom. The summed E-state index contributed by atoms with van der Waals surface area (Å²) in [5.41, 5.74) is 7.75. The van der Waals surface area contributed by atoms with Gasteiger partial charge in [0.25, 0.3) is 0 Å². The van der Waals surface area contributed by atoms with Gasteiger partial charge in [0.15, 0.2) is 0 Å². The van der Waals surface area contributed by atoms with Crippen LogP contribution in [-0.2, 0) is 16.3 Å². The Morgan fingerprint density at radius 2 is 2.00 bits per heavy atom. The summed E-state index contributed by atoms with van der Waals surface area (Å²) in [7, 11) is -1.15. The predicted molar refractivity (Wildman–Crippen MR) is 72.3 cm³/mol. The van der Waals surface area contributed by atoms with Gasteiger partial charge >= 0.3 is 30.0 Å². The minimum absolute atomic E-state index is 1.10. The molecule has 0 N–H and O–H groups in total. The number of halogens is 1. The molecule has 82 valence electrons. The minimum atomic E-state index is -1.15. The van der Waals surface area contributed by atoms with Crippen molar-refractivity contribution in [2.24, 2.45) is 0 Å². The first-order chi connectivity index (χ1) is 6.92. The van der Waals surface area contributed by atoms with Crippen molar-refractivity contribution in [2.45, 2.75) is 45.8 Å². The normalized spacial score (nSPS) is 9.53. The zero-order valence-corrected chi connectivity index (χ0v) is 16.0. The summed E-state index contributed by atoms with van der Waals surface area (Å²) < 4.78 is 0. The number of hydrogen-bond donors (Lipinski definition) is 0. The van der Waals surface area contributed by atoms with E-state index in [0.717, 1.165) is 12.8 Å². The van der Waals surface area contributed by atoms with Gasteiger partial charge in [0.05, 0.1) is 0 Å². The number of rotatable bonds is 5. The molecule has 0 rings (SSSR count). The van der Waals surface area contributed by atoms with E-state index in [0.29, 0.717) is 0 Å². The van der Waals surface area contributed by atoms with Gasteiger partial charge in [-0.1, -0.05) is 38.1 Å². The van der Waals surface area contributed by atoms with Crippen LogP contribution in [0, 0.1) is 5.70 Å². The second kappa shape index (κ2) is 11.1. The molecule has 0 aromatic heterocycles. The van der Waals surface area contributed by atoms with Crippen LogP contribution in [0.4, 0.5) is 0 Å². The second-order valence-electron chi connectivity index (χ2n) is 4.57. The third-order valence-electron chi connectivity index (χ3n) is 1.50.